The van der Waals surface area contributed by atoms with Gasteiger partial charge in [-0.3, -0.25) is 0 Å². The van der Waals surface area contributed by atoms with Crippen molar-refractivity contribution in [3.8, 4) is 0 Å². The average molecular weight is 653 g/mol. The summed E-state index contributed by atoms with van der Waals surface area (Å²) in [5.74, 6) is 1.21. The Labute approximate surface area is 264 Å². The van der Waals surface area contributed by atoms with E-state index in [2.05, 4.69) is 65.8 Å². The van der Waals surface area contributed by atoms with Crippen LogP contribution in [-0.4, -0.2) is 0 Å². The number of hydrogen-bond acceptors (Lipinski definition) is 2. The van der Waals surface area contributed by atoms with Crippen molar-refractivity contribution >= 4 is 22.8 Å². The van der Waals surface area contributed by atoms with Gasteiger partial charge >= 0.3 is 0 Å². The zero-order valence-corrected chi connectivity index (χ0v) is 26.5. The number of nitrogens with zero attached hydrogens (tertiary/aromatic N) is 6. The summed E-state index contributed by atoms with van der Waals surface area (Å²) in [5, 5.41) is 1.64. The topological polar surface area (TPSA) is 81.1 Å². The molecule has 6 nitrogen and oxygen atoms in total. The Morgan fingerprint density at radius 1 is 0.442 bits per heavy atom. The quantitative estimate of drug-likeness (QED) is 0.264. The molecule has 0 atom stereocenters. The number of rotatable bonds is 2. The van der Waals surface area contributed by atoms with Gasteiger partial charge in [-0.1, -0.05) is 107 Å². The number of fused-ring (bicyclic) bond motifs is 8. The van der Waals surface area contributed by atoms with Crippen molar-refractivity contribution < 1.29 is 20.4 Å². The Kier molecular flexibility index (Phi) is 7.33. The van der Waals surface area contributed by atoms with E-state index in [0.717, 1.165) is 44.4 Å². The molecule has 0 saturated heterocycles. The summed E-state index contributed by atoms with van der Waals surface area (Å²) < 4.78 is 0. The fourth-order valence-corrected chi connectivity index (χ4v) is 6.37. The van der Waals surface area contributed by atoms with E-state index in [1.807, 2.05) is 48.5 Å². The largest absolute Gasteiger partial charge is 0.440 e. The summed E-state index contributed by atoms with van der Waals surface area (Å²) in [6, 6.07) is 24.6. The number of hydrogen-bond donors (Lipinski definition) is 0. The second-order valence-corrected chi connectivity index (χ2v) is 11.3. The van der Waals surface area contributed by atoms with Gasteiger partial charge in [0, 0.05) is 20.4 Å². The van der Waals surface area contributed by atoms with Crippen molar-refractivity contribution in [1.29, 1.82) is 0 Å². The average Bonchev–Trinajstić information content (AvgIpc) is 3.73. The van der Waals surface area contributed by atoms with E-state index < -0.39 is 0 Å². The Morgan fingerprint density at radius 2 is 0.814 bits per heavy atom. The molecule has 0 unspecified atom stereocenters. The Balaban J connectivity index is 0.00000329. The molecule has 4 aromatic heterocycles. The fraction of sp³-hybridized carbons (Fsp3) is 0.167. The van der Waals surface area contributed by atoms with E-state index in [-0.39, 0.29) is 20.4 Å². The third-order valence-corrected chi connectivity index (χ3v) is 7.84. The summed E-state index contributed by atoms with van der Waals surface area (Å²) in [6.07, 6.45) is 0. The second-order valence-electron chi connectivity index (χ2n) is 11.3. The van der Waals surface area contributed by atoms with Crippen molar-refractivity contribution in [3.63, 3.8) is 0 Å². The Morgan fingerprint density at radius 3 is 1.19 bits per heavy atom. The maximum Gasteiger partial charge on any atom is 0 e. The van der Waals surface area contributed by atoms with Gasteiger partial charge in [0.15, 0.2) is 0 Å². The van der Waals surface area contributed by atoms with Crippen LogP contribution in [0.15, 0.2) is 82.8 Å². The molecule has 218 valence electrons. The van der Waals surface area contributed by atoms with Crippen LogP contribution < -0.4 is 41.6 Å². The first-order valence-corrected chi connectivity index (χ1v) is 14.1. The zero-order valence-electron chi connectivity index (χ0n) is 24.9. The van der Waals surface area contributed by atoms with Crippen LogP contribution in [0.5, 0.6) is 0 Å². The monoisotopic (exact) mass is 652 g/mol. The van der Waals surface area contributed by atoms with E-state index in [1.54, 1.807) is 0 Å². The summed E-state index contributed by atoms with van der Waals surface area (Å²) in [4.78, 5) is 29.5. The van der Waals surface area contributed by atoms with E-state index in [9.17, 15) is 0 Å². The van der Waals surface area contributed by atoms with Crippen LogP contribution in [-0.2, 0) is 20.4 Å². The van der Waals surface area contributed by atoms with Crippen LogP contribution in [0.2, 0.25) is 0 Å². The van der Waals surface area contributed by atoms with Gasteiger partial charge in [-0.25, -0.2) is 0 Å². The van der Waals surface area contributed by atoms with Crippen LogP contribution in [0.25, 0.3) is 11.1 Å². The molecule has 6 aromatic rings. The summed E-state index contributed by atoms with van der Waals surface area (Å²) >= 11 is 0. The number of aromatic nitrogens is 4. The third-order valence-electron chi connectivity index (χ3n) is 7.84. The molecule has 5 heterocycles. The van der Waals surface area contributed by atoms with Gasteiger partial charge in [0.2, 0.25) is 0 Å². The maximum absolute atomic E-state index is 4.96. The van der Waals surface area contributed by atoms with Gasteiger partial charge in [-0.2, -0.15) is 0 Å². The van der Waals surface area contributed by atoms with Gasteiger partial charge in [0.05, 0.1) is 0 Å². The van der Waals surface area contributed by atoms with Crippen molar-refractivity contribution in [3.05, 3.63) is 150 Å². The first-order chi connectivity index (χ1) is 20.2. The van der Waals surface area contributed by atoms with E-state index in [0.29, 0.717) is 22.6 Å². The van der Waals surface area contributed by atoms with Gasteiger partial charge in [0.25, 0.3) is 0 Å². The maximum atomic E-state index is 4.96. The summed E-state index contributed by atoms with van der Waals surface area (Å²) in [7, 11) is 0. The molecule has 43 heavy (non-hydrogen) atoms. The fourth-order valence-electron chi connectivity index (χ4n) is 6.37. The van der Waals surface area contributed by atoms with Crippen LogP contribution in [0.4, 0.5) is 11.6 Å². The Hall–Kier alpha value is -4.44. The van der Waals surface area contributed by atoms with Crippen LogP contribution in [0.3, 0.4) is 0 Å². The number of aryl methyl sites for hydroxylation is 6. The first kappa shape index (κ1) is 28.7. The molecule has 1 aliphatic heterocycles. The molecule has 0 N–H and O–H groups in total. The van der Waals surface area contributed by atoms with Gasteiger partial charge in [0.1, 0.15) is 0 Å². The van der Waals surface area contributed by atoms with Crippen LogP contribution >= 0.6 is 0 Å². The molecule has 0 spiro atoms. The molecular formula is C36H30N6Pd-4. The van der Waals surface area contributed by atoms with Crippen molar-refractivity contribution in [2.75, 3.05) is 0 Å². The predicted octanol–water partition coefficient (Wildman–Crippen LogP) is 4.07. The normalized spacial score (nSPS) is 16.6. The number of benzene rings is 2. The molecule has 0 radical (unpaired) electrons. The summed E-state index contributed by atoms with van der Waals surface area (Å²) in [6.45, 7) is 12.8. The van der Waals surface area contributed by atoms with Crippen molar-refractivity contribution in [1.82, 2.24) is 19.9 Å². The van der Waals surface area contributed by atoms with E-state index in [1.165, 1.54) is 33.4 Å². The molecule has 0 fully saturated rings. The molecule has 1 aliphatic rings. The van der Waals surface area contributed by atoms with Crippen molar-refractivity contribution in [2.24, 2.45) is 9.98 Å². The molecule has 0 aliphatic carbocycles. The predicted molar refractivity (Wildman–Crippen MR) is 164 cm³/mol. The first-order valence-electron chi connectivity index (χ1n) is 14.1. The van der Waals surface area contributed by atoms with E-state index in [4.69, 9.17) is 29.9 Å². The molecule has 0 amide bonds. The standard InChI is InChI=1S/C36H30N6.Pd/c1-19-15-21(3)33(22(4)16-19)35-25-7-11-29(37-25)41-31-13-9-27(39-31)36(34-23(5)17-20(2)18-24(34)6)28-10-14-32(40-28)42-30-12-8-26(35)38-30;/h7-18H,1-6H3;/q-4;. The van der Waals surface area contributed by atoms with Gasteiger partial charge < -0.3 is 29.9 Å². The third kappa shape index (κ3) is 5.20. The zero-order chi connectivity index (χ0) is 29.1. The minimum Gasteiger partial charge on any atom is -0.440 e. The molecule has 0 saturated carbocycles. The van der Waals surface area contributed by atoms with Crippen LogP contribution in [0, 0.1) is 41.5 Å². The Bertz CT molecular complexity index is 2060. The molecular weight excluding hydrogens is 623 g/mol. The van der Waals surface area contributed by atoms with Gasteiger partial charge in [-0.15, -0.1) is 0 Å². The SMILES string of the molecule is Cc1cc(C)c(/C2=c3\cc/c([n-]3)=N/c3ccc([n-]3)/C(c3c(C)cc(C)cc3C)=c3/cc/c([n-]3)=N/c3ccc2[n-]3)c(C)c1.[Pd]. The molecule has 2 aromatic carbocycles. The van der Waals surface area contributed by atoms with Gasteiger partial charge in [-0.05, 0) is 108 Å². The minimum atomic E-state index is 0. The summed E-state index contributed by atoms with van der Waals surface area (Å²) in [5.41, 5.74) is 14.2. The molecule has 7 heteroatoms. The molecule has 7 rings (SSSR count). The molecule has 8 bridgehead atoms. The second kappa shape index (κ2) is 11.0. The van der Waals surface area contributed by atoms with Crippen LogP contribution in [0.1, 0.15) is 55.9 Å². The smallest absolute Gasteiger partial charge is 0 e. The van der Waals surface area contributed by atoms with Crippen molar-refractivity contribution in [2.45, 2.75) is 41.5 Å². The van der Waals surface area contributed by atoms with E-state index >= 15 is 0 Å². The minimum absolute atomic E-state index is 0.